The van der Waals surface area contributed by atoms with Crippen LogP contribution in [0.5, 0.6) is 0 Å². The Morgan fingerprint density at radius 2 is 1.74 bits per heavy atom. The van der Waals surface area contributed by atoms with Gasteiger partial charge in [0.15, 0.2) is 0 Å². The van der Waals surface area contributed by atoms with E-state index in [4.69, 9.17) is 5.73 Å². The number of alkyl halides is 3. The van der Waals surface area contributed by atoms with Crippen LogP contribution in [0.3, 0.4) is 0 Å². The summed E-state index contributed by atoms with van der Waals surface area (Å²) in [5, 5.41) is 2.42. The van der Waals surface area contributed by atoms with Crippen molar-refractivity contribution in [2.45, 2.75) is 25.1 Å². The van der Waals surface area contributed by atoms with E-state index in [2.05, 4.69) is 5.32 Å². The molecule has 0 aromatic heterocycles. The predicted octanol–water partition coefficient (Wildman–Crippen LogP) is 1.38. The van der Waals surface area contributed by atoms with E-state index in [1.807, 2.05) is 0 Å². The Morgan fingerprint density at radius 3 is 2.26 bits per heavy atom. The van der Waals surface area contributed by atoms with Crippen LogP contribution in [0, 0.1) is 0 Å². The summed E-state index contributed by atoms with van der Waals surface area (Å²) in [5.74, 6) is -0.807. The van der Waals surface area contributed by atoms with Crippen LogP contribution in [-0.4, -0.2) is 42.4 Å². The lowest BCUT2D eigenvalue weighted by molar-refractivity contribution is -0.137. The minimum Gasteiger partial charge on any atom is -0.343 e. The van der Waals surface area contributed by atoms with Gasteiger partial charge in [0.2, 0.25) is 5.91 Å². The number of nitrogens with zero attached hydrogens (tertiary/aromatic N) is 1. The van der Waals surface area contributed by atoms with Crippen molar-refractivity contribution in [1.29, 1.82) is 0 Å². The molecule has 0 unspecified atom stereocenters. The van der Waals surface area contributed by atoms with Gasteiger partial charge < -0.3 is 16.0 Å². The number of carbonyl (C=O) groups excluding carboxylic acids is 2. The number of carbonyl (C=O) groups is 2. The first-order valence-electron chi connectivity index (χ1n) is 7.26. The molecule has 126 valence electrons. The average Bonchev–Trinajstić information content (AvgIpc) is 2.52. The maximum atomic E-state index is 12.4. The van der Waals surface area contributed by atoms with Crippen molar-refractivity contribution in [3.05, 3.63) is 35.4 Å². The number of hydrogen-bond acceptors (Lipinski definition) is 3. The fraction of sp³-hybridized carbons (Fsp3) is 0.467. The lowest BCUT2D eigenvalue weighted by Crippen LogP contribution is -2.46. The summed E-state index contributed by atoms with van der Waals surface area (Å²) in [5.41, 5.74) is 5.00. The third kappa shape index (κ3) is 4.69. The number of benzene rings is 1. The van der Waals surface area contributed by atoms with E-state index in [-0.39, 0.29) is 24.1 Å². The van der Waals surface area contributed by atoms with Gasteiger partial charge >= 0.3 is 6.18 Å². The van der Waals surface area contributed by atoms with Crippen molar-refractivity contribution >= 4 is 11.8 Å². The maximum Gasteiger partial charge on any atom is 0.416 e. The topological polar surface area (TPSA) is 75.4 Å². The Balaban J connectivity index is 1.86. The predicted molar refractivity (Wildman–Crippen MR) is 77.6 cm³/mol. The molecule has 8 heteroatoms. The van der Waals surface area contributed by atoms with Crippen molar-refractivity contribution in [2.75, 3.05) is 19.6 Å². The number of rotatable bonds is 3. The molecule has 0 saturated carbocycles. The molecule has 0 radical (unpaired) electrons. The summed E-state index contributed by atoms with van der Waals surface area (Å²) in [4.78, 5) is 25.4. The molecular weight excluding hydrogens is 311 g/mol. The normalized spacial score (nSPS) is 16.3. The van der Waals surface area contributed by atoms with Crippen molar-refractivity contribution in [2.24, 2.45) is 5.73 Å². The summed E-state index contributed by atoms with van der Waals surface area (Å²) in [7, 11) is 0. The highest BCUT2D eigenvalue weighted by Gasteiger charge is 2.30. The van der Waals surface area contributed by atoms with Gasteiger partial charge in [-0.1, -0.05) is 0 Å². The molecule has 1 aliphatic heterocycles. The summed E-state index contributed by atoms with van der Waals surface area (Å²) < 4.78 is 37.3. The van der Waals surface area contributed by atoms with Crippen LogP contribution < -0.4 is 11.1 Å². The average molecular weight is 329 g/mol. The first-order valence-corrected chi connectivity index (χ1v) is 7.26. The Hall–Kier alpha value is -2.09. The molecule has 2 rings (SSSR count). The Bertz CT molecular complexity index is 564. The second-order valence-electron chi connectivity index (χ2n) is 5.48. The number of hydrogen-bond donors (Lipinski definition) is 2. The number of halogens is 3. The van der Waals surface area contributed by atoms with Crippen LogP contribution in [0.4, 0.5) is 13.2 Å². The molecule has 1 fully saturated rings. The van der Waals surface area contributed by atoms with Gasteiger partial charge in [0.05, 0.1) is 12.1 Å². The van der Waals surface area contributed by atoms with Gasteiger partial charge in [0, 0.05) is 24.7 Å². The molecule has 0 bridgehead atoms. The maximum absolute atomic E-state index is 12.4. The quantitative estimate of drug-likeness (QED) is 0.880. The molecule has 1 saturated heterocycles. The number of piperidine rings is 1. The van der Waals surface area contributed by atoms with E-state index in [0.717, 1.165) is 37.1 Å². The smallest absolute Gasteiger partial charge is 0.343 e. The molecule has 1 heterocycles. The second-order valence-corrected chi connectivity index (χ2v) is 5.48. The molecule has 2 amide bonds. The van der Waals surface area contributed by atoms with Gasteiger partial charge in [-0.05, 0) is 37.1 Å². The molecule has 1 aromatic carbocycles. The van der Waals surface area contributed by atoms with E-state index in [9.17, 15) is 22.8 Å². The molecule has 1 aliphatic rings. The fourth-order valence-corrected chi connectivity index (χ4v) is 2.33. The van der Waals surface area contributed by atoms with Crippen LogP contribution in [0.15, 0.2) is 24.3 Å². The van der Waals surface area contributed by atoms with E-state index in [1.165, 1.54) is 0 Å². The van der Waals surface area contributed by atoms with E-state index in [1.54, 1.807) is 4.90 Å². The Kier molecular flexibility index (Phi) is 5.25. The standard InChI is InChI=1S/C15H18F3N3O2/c16-15(17,18)11-3-1-10(2-4-11)14(23)20-9-13(22)21-7-5-12(19)6-8-21/h1-4,12H,5-9,19H2,(H,20,23). The zero-order valence-corrected chi connectivity index (χ0v) is 12.4. The van der Waals surface area contributed by atoms with Crippen LogP contribution in [0.25, 0.3) is 0 Å². The SMILES string of the molecule is NC1CCN(C(=O)CNC(=O)c2ccc(C(F)(F)F)cc2)CC1. The van der Waals surface area contributed by atoms with Gasteiger partial charge in [-0.15, -0.1) is 0 Å². The highest BCUT2D eigenvalue weighted by atomic mass is 19.4. The second kappa shape index (κ2) is 6.99. The lowest BCUT2D eigenvalue weighted by Gasteiger charge is -2.30. The van der Waals surface area contributed by atoms with Crippen molar-refractivity contribution in [3.8, 4) is 0 Å². The number of nitrogens with two attached hydrogens (primary N) is 1. The molecule has 0 atom stereocenters. The summed E-state index contributed by atoms with van der Waals surface area (Å²) >= 11 is 0. The molecule has 5 nitrogen and oxygen atoms in total. The zero-order chi connectivity index (χ0) is 17.0. The van der Waals surface area contributed by atoms with Gasteiger partial charge in [0.25, 0.3) is 5.91 Å². The largest absolute Gasteiger partial charge is 0.416 e. The van der Waals surface area contributed by atoms with Crippen LogP contribution in [-0.2, 0) is 11.0 Å². The third-order valence-electron chi connectivity index (χ3n) is 3.77. The fourth-order valence-electron chi connectivity index (χ4n) is 2.33. The van der Waals surface area contributed by atoms with Crippen LogP contribution in [0.2, 0.25) is 0 Å². The zero-order valence-electron chi connectivity index (χ0n) is 12.4. The summed E-state index contributed by atoms with van der Waals surface area (Å²) in [6.45, 7) is 0.918. The first kappa shape index (κ1) is 17.3. The minimum atomic E-state index is -4.44. The van der Waals surface area contributed by atoms with Crippen molar-refractivity contribution in [1.82, 2.24) is 10.2 Å². The molecule has 3 N–H and O–H groups in total. The monoisotopic (exact) mass is 329 g/mol. The van der Waals surface area contributed by atoms with Gasteiger partial charge in [0.1, 0.15) is 0 Å². The molecule has 0 aliphatic carbocycles. The molecule has 1 aromatic rings. The third-order valence-corrected chi connectivity index (χ3v) is 3.77. The Morgan fingerprint density at radius 1 is 1.17 bits per heavy atom. The molecular formula is C15H18F3N3O2. The highest BCUT2D eigenvalue weighted by molar-refractivity contribution is 5.96. The summed E-state index contributed by atoms with van der Waals surface area (Å²) in [6, 6.07) is 3.94. The highest BCUT2D eigenvalue weighted by Crippen LogP contribution is 2.29. The van der Waals surface area contributed by atoms with Crippen LogP contribution in [0.1, 0.15) is 28.8 Å². The minimum absolute atomic E-state index is 0.0754. The lowest BCUT2D eigenvalue weighted by atomic mass is 10.1. The number of nitrogens with one attached hydrogen (secondary N) is 1. The van der Waals surface area contributed by atoms with Gasteiger partial charge in [-0.3, -0.25) is 9.59 Å². The molecule has 0 spiro atoms. The van der Waals surface area contributed by atoms with E-state index in [0.29, 0.717) is 13.1 Å². The van der Waals surface area contributed by atoms with E-state index >= 15 is 0 Å². The van der Waals surface area contributed by atoms with Gasteiger partial charge in [-0.2, -0.15) is 13.2 Å². The first-order chi connectivity index (χ1) is 10.8. The number of amides is 2. The van der Waals surface area contributed by atoms with Crippen molar-refractivity contribution in [3.63, 3.8) is 0 Å². The van der Waals surface area contributed by atoms with Crippen LogP contribution >= 0.6 is 0 Å². The number of likely N-dealkylation sites (tertiary alicyclic amines) is 1. The molecule has 23 heavy (non-hydrogen) atoms. The Labute approximate surface area is 131 Å². The van der Waals surface area contributed by atoms with E-state index < -0.39 is 17.6 Å². The van der Waals surface area contributed by atoms with Gasteiger partial charge in [-0.25, -0.2) is 0 Å². The van der Waals surface area contributed by atoms with Crippen molar-refractivity contribution < 1.29 is 22.8 Å². The summed E-state index contributed by atoms with van der Waals surface area (Å²) in [6.07, 6.45) is -3.00.